The van der Waals surface area contributed by atoms with Gasteiger partial charge in [-0.1, -0.05) is 19.1 Å². The molecule has 1 unspecified atom stereocenters. The third-order valence-electron chi connectivity index (χ3n) is 3.30. The van der Waals surface area contributed by atoms with Gasteiger partial charge in [-0.25, -0.2) is 0 Å². The Bertz CT molecular complexity index is 346. The van der Waals surface area contributed by atoms with Crippen molar-refractivity contribution in [3.8, 4) is 0 Å². The first-order chi connectivity index (χ1) is 8.20. The number of nitrogen functional groups attached to an aromatic ring is 1. The molecule has 0 aromatic heterocycles. The lowest BCUT2D eigenvalue weighted by molar-refractivity contribution is 0.108. The van der Waals surface area contributed by atoms with Gasteiger partial charge in [0.25, 0.3) is 0 Å². The van der Waals surface area contributed by atoms with Crippen LogP contribution in [0.25, 0.3) is 0 Å². The number of aliphatic hydroxyl groups is 1. The summed E-state index contributed by atoms with van der Waals surface area (Å²) in [7, 11) is 0. The molecule has 1 aromatic rings. The Morgan fingerprint density at radius 2 is 2.00 bits per heavy atom. The molecule has 1 aromatic carbocycles. The second-order valence-corrected chi connectivity index (χ2v) is 4.91. The van der Waals surface area contributed by atoms with Crippen LogP contribution in [0.2, 0.25) is 0 Å². The van der Waals surface area contributed by atoms with Gasteiger partial charge in [0.1, 0.15) is 0 Å². The van der Waals surface area contributed by atoms with E-state index < -0.39 is 6.10 Å². The average molecular weight is 234 g/mol. The quantitative estimate of drug-likeness (QED) is 0.742. The minimum absolute atomic E-state index is 0.400. The van der Waals surface area contributed by atoms with Crippen LogP contribution in [0.5, 0.6) is 0 Å². The monoisotopic (exact) mass is 234 g/mol. The zero-order valence-electron chi connectivity index (χ0n) is 10.5. The highest BCUT2D eigenvalue weighted by molar-refractivity contribution is 5.39. The summed E-state index contributed by atoms with van der Waals surface area (Å²) in [5.74, 6) is 0. The normalized spacial score (nSPS) is 17.4. The number of nitrogens with zero attached hydrogens (tertiary/aromatic N) is 1. The predicted octanol–water partition coefficient (Wildman–Crippen LogP) is 2.18. The van der Waals surface area contributed by atoms with Crippen LogP contribution in [0.4, 0.5) is 5.69 Å². The van der Waals surface area contributed by atoms with E-state index in [1.54, 1.807) is 0 Å². The molecule has 2 rings (SSSR count). The third kappa shape index (κ3) is 3.45. The van der Waals surface area contributed by atoms with Crippen LogP contribution in [-0.2, 0) is 0 Å². The SMILES string of the molecule is CCCN(CC(O)c1ccc(N)cc1)C1CC1. The first-order valence-electron chi connectivity index (χ1n) is 6.48. The highest BCUT2D eigenvalue weighted by Gasteiger charge is 2.29. The standard InChI is InChI=1S/C14H22N2O/c1-2-9-16(13-7-8-13)10-14(17)11-3-5-12(15)6-4-11/h3-6,13-14,17H,2,7-10,15H2,1H3. The van der Waals surface area contributed by atoms with E-state index >= 15 is 0 Å². The maximum atomic E-state index is 10.2. The minimum Gasteiger partial charge on any atom is -0.399 e. The summed E-state index contributed by atoms with van der Waals surface area (Å²) >= 11 is 0. The van der Waals surface area contributed by atoms with Crippen molar-refractivity contribution in [2.45, 2.75) is 38.3 Å². The molecule has 94 valence electrons. The van der Waals surface area contributed by atoms with Gasteiger partial charge in [-0.05, 0) is 43.5 Å². The van der Waals surface area contributed by atoms with Gasteiger partial charge in [0, 0.05) is 18.3 Å². The number of anilines is 1. The molecule has 1 aliphatic carbocycles. The fraction of sp³-hybridized carbons (Fsp3) is 0.571. The lowest BCUT2D eigenvalue weighted by Gasteiger charge is -2.24. The van der Waals surface area contributed by atoms with E-state index in [4.69, 9.17) is 5.73 Å². The molecule has 1 atom stereocenters. The van der Waals surface area contributed by atoms with Crippen molar-refractivity contribution in [1.29, 1.82) is 0 Å². The summed E-state index contributed by atoms with van der Waals surface area (Å²) in [6.07, 6.45) is 3.32. The first kappa shape index (κ1) is 12.4. The van der Waals surface area contributed by atoms with Crippen molar-refractivity contribution in [2.75, 3.05) is 18.8 Å². The summed E-state index contributed by atoms with van der Waals surface area (Å²) in [6, 6.07) is 8.23. The number of aliphatic hydroxyl groups excluding tert-OH is 1. The van der Waals surface area contributed by atoms with Crippen molar-refractivity contribution in [1.82, 2.24) is 4.90 Å². The van der Waals surface area contributed by atoms with Crippen molar-refractivity contribution in [3.63, 3.8) is 0 Å². The second kappa shape index (κ2) is 5.52. The van der Waals surface area contributed by atoms with Crippen LogP contribution in [0.1, 0.15) is 37.9 Å². The van der Waals surface area contributed by atoms with Crippen LogP contribution in [0, 0.1) is 0 Å². The van der Waals surface area contributed by atoms with Gasteiger partial charge in [0.05, 0.1) is 6.10 Å². The highest BCUT2D eigenvalue weighted by Crippen LogP contribution is 2.29. The summed E-state index contributed by atoms with van der Waals surface area (Å²) in [5, 5.41) is 10.2. The maximum Gasteiger partial charge on any atom is 0.0917 e. The number of benzene rings is 1. The summed E-state index contributed by atoms with van der Waals surface area (Å²) in [5.41, 5.74) is 7.35. The molecule has 3 heteroatoms. The molecule has 0 aliphatic heterocycles. The molecule has 0 heterocycles. The molecule has 3 N–H and O–H groups in total. The number of nitrogens with two attached hydrogens (primary N) is 1. The Morgan fingerprint density at radius 1 is 1.35 bits per heavy atom. The van der Waals surface area contributed by atoms with Crippen LogP contribution in [-0.4, -0.2) is 29.1 Å². The van der Waals surface area contributed by atoms with E-state index in [1.165, 1.54) is 12.8 Å². The van der Waals surface area contributed by atoms with E-state index in [0.717, 1.165) is 30.8 Å². The number of hydrogen-bond acceptors (Lipinski definition) is 3. The summed E-state index contributed by atoms with van der Waals surface area (Å²) < 4.78 is 0. The van der Waals surface area contributed by atoms with Crippen LogP contribution in [0.3, 0.4) is 0 Å². The fourth-order valence-corrected chi connectivity index (χ4v) is 2.20. The molecule has 17 heavy (non-hydrogen) atoms. The number of rotatable bonds is 6. The van der Waals surface area contributed by atoms with Crippen molar-refractivity contribution in [2.24, 2.45) is 0 Å². The van der Waals surface area contributed by atoms with E-state index in [9.17, 15) is 5.11 Å². The topological polar surface area (TPSA) is 49.5 Å². The Hall–Kier alpha value is -1.06. The van der Waals surface area contributed by atoms with Crippen LogP contribution >= 0.6 is 0 Å². The molecule has 0 radical (unpaired) electrons. The van der Waals surface area contributed by atoms with E-state index in [1.807, 2.05) is 24.3 Å². The molecule has 0 bridgehead atoms. The van der Waals surface area contributed by atoms with Gasteiger partial charge in [0.15, 0.2) is 0 Å². The van der Waals surface area contributed by atoms with Crippen molar-refractivity contribution >= 4 is 5.69 Å². The second-order valence-electron chi connectivity index (χ2n) is 4.91. The molecule has 0 saturated heterocycles. The van der Waals surface area contributed by atoms with E-state index in [-0.39, 0.29) is 0 Å². The van der Waals surface area contributed by atoms with Gasteiger partial charge in [0.2, 0.25) is 0 Å². The van der Waals surface area contributed by atoms with Gasteiger partial charge in [-0.15, -0.1) is 0 Å². The Labute approximate surface area is 103 Å². The zero-order valence-corrected chi connectivity index (χ0v) is 10.5. The van der Waals surface area contributed by atoms with Gasteiger partial charge >= 0.3 is 0 Å². The van der Waals surface area contributed by atoms with Gasteiger partial charge < -0.3 is 10.8 Å². The van der Waals surface area contributed by atoms with Crippen LogP contribution in [0.15, 0.2) is 24.3 Å². The Kier molecular flexibility index (Phi) is 4.02. The molecule has 0 spiro atoms. The lowest BCUT2D eigenvalue weighted by Crippen LogP contribution is -2.31. The molecular weight excluding hydrogens is 212 g/mol. The van der Waals surface area contributed by atoms with E-state index in [2.05, 4.69) is 11.8 Å². The molecule has 1 aliphatic rings. The smallest absolute Gasteiger partial charge is 0.0917 e. The highest BCUT2D eigenvalue weighted by atomic mass is 16.3. The lowest BCUT2D eigenvalue weighted by atomic mass is 10.1. The molecule has 1 saturated carbocycles. The molecule has 0 amide bonds. The maximum absolute atomic E-state index is 10.2. The first-order valence-corrected chi connectivity index (χ1v) is 6.48. The molecular formula is C14H22N2O. The van der Waals surface area contributed by atoms with Crippen molar-refractivity contribution < 1.29 is 5.11 Å². The van der Waals surface area contributed by atoms with Gasteiger partial charge in [-0.2, -0.15) is 0 Å². The largest absolute Gasteiger partial charge is 0.399 e. The van der Waals surface area contributed by atoms with Gasteiger partial charge in [-0.3, -0.25) is 4.90 Å². The summed E-state index contributed by atoms with van der Waals surface area (Å²) in [6.45, 7) is 4.00. The van der Waals surface area contributed by atoms with E-state index in [0.29, 0.717) is 6.04 Å². The molecule has 3 nitrogen and oxygen atoms in total. The number of hydrogen-bond donors (Lipinski definition) is 2. The zero-order chi connectivity index (χ0) is 12.3. The van der Waals surface area contributed by atoms with Crippen LogP contribution < -0.4 is 5.73 Å². The average Bonchev–Trinajstić information content (AvgIpc) is 3.13. The fourth-order valence-electron chi connectivity index (χ4n) is 2.20. The Balaban J connectivity index is 1.94. The minimum atomic E-state index is -0.400. The summed E-state index contributed by atoms with van der Waals surface area (Å²) in [4.78, 5) is 2.40. The Morgan fingerprint density at radius 3 is 2.53 bits per heavy atom. The predicted molar refractivity (Wildman–Crippen MR) is 70.7 cm³/mol. The third-order valence-corrected chi connectivity index (χ3v) is 3.30. The van der Waals surface area contributed by atoms with Crippen molar-refractivity contribution in [3.05, 3.63) is 29.8 Å². The molecule has 1 fully saturated rings.